The van der Waals surface area contributed by atoms with E-state index in [4.69, 9.17) is 11.6 Å². The van der Waals surface area contributed by atoms with Crippen LogP contribution in [-0.2, 0) is 11.3 Å². The van der Waals surface area contributed by atoms with Gasteiger partial charge in [0.1, 0.15) is 5.15 Å². The first kappa shape index (κ1) is 11.9. The molecule has 0 fully saturated rings. The van der Waals surface area contributed by atoms with Crippen molar-refractivity contribution in [2.24, 2.45) is 0 Å². The van der Waals surface area contributed by atoms with E-state index in [9.17, 15) is 4.79 Å². The van der Waals surface area contributed by atoms with Crippen molar-refractivity contribution in [2.75, 3.05) is 7.05 Å². The average molecular weight is 228 g/mol. The minimum atomic E-state index is -0.217. The lowest BCUT2D eigenvalue weighted by atomic mass is 10.2. The number of aromatic nitrogens is 1. The highest BCUT2D eigenvalue weighted by Gasteiger charge is 2.09. The van der Waals surface area contributed by atoms with E-state index in [1.54, 1.807) is 19.3 Å². The maximum Gasteiger partial charge on any atom is 0.236 e. The van der Waals surface area contributed by atoms with Crippen molar-refractivity contribution in [3.05, 3.63) is 29.0 Å². The molecular formula is C10H14ClN3O. The Labute approximate surface area is 94.0 Å². The maximum atomic E-state index is 11.2. The van der Waals surface area contributed by atoms with E-state index in [-0.39, 0.29) is 11.9 Å². The van der Waals surface area contributed by atoms with Crippen molar-refractivity contribution in [3.8, 4) is 0 Å². The molecule has 4 nitrogen and oxygen atoms in total. The van der Waals surface area contributed by atoms with E-state index in [0.29, 0.717) is 11.7 Å². The summed E-state index contributed by atoms with van der Waals surface area (Å²) < 4.78 is 0. The molecule has 82 valence electrons. The fourth-order valence-corrected chi connectivity index (χ4v) is 1.20. The number of carbonyl (C=O) groups excluding carboxylic acids is 1. The Morgan fingerprint density at radius 1 is 1.60 bits per heavy atom. The van der Waals surface area contributed by atoms with Crippen LogP contribution in [0.2, 0.25) is 5.15 Å². The van der Waals surface area contributed by atoms with E-state index in [1.807, 2.05) is 13.0 Å². The molecule has 2 N–H and O–H groups in total. The molecule has 0 bridgehead atoms. The van der Waals surface area contributed by atoms with Gasteiger partial charge < -0.3 is 10.6 Å². The predicted molar refractivity (Wildman–Crippen MR) is 59.6 cm³/mol. The number of nitrogens with one attached hydrogen (secondary N) is 2. The van der Waals surface area contributed by atoms with Crippen LogP contribution in [0.25, 0.3) is 0 Å². The maximum absolute atomic E-state index is 11.2. The van der Waals surface area contributed by atoms with Gasteiger partial charge in [-0.2, -0.15) is 0 Å². The minimum absolute atomic E-state index is 0.0306. The SMILES string of the molecule is CNC(=O)[C@@H](C)NCc1ccc(Cl)nc1. The summed E-state index contributed by atoms with van der Waals surface area (Å²) in [4.78, 5) is 15.1. The zero-order chi connectivity index (χ0) is 11.3. The fraction of sp³-hybridized carbons (Fsp3) is 0.400. The lowest BCUT2D eigenvalue weighted by molar-refractivity contribution is -0.122. The molecule has 1 aromatic rings. The third kappa shape index (κ3) is 3.85. The van der Waals surface area contributed by atoms with Crippen LogP contribution in [0.3, 0.4) is 0 Å². The van der Waals surface area contributed by atoms with Crippen molar-refractivity contribution in [3.63, 3.8) is 0 Å². The van der Waals surface area contributed by atoms with E-state index in [1.165, 1.54) is 0 Å². The second-order valence-corrected chi connectivity index (χ2v) is 3.59. The molecule has 1 aromatic heterocycles. The van der Waals surface area contributed by atoms with Crippen LogP contribution < -0.4 is 10.6 Å². The van der Waals surface area contributed by atoms with Gasteiger partial charge >= 0.3 is 0 Å². The summed E-state index contributed by atoms with van der Waals surface area (Å²) in [6.45, 7) is 2.40. The van der Waals surface area contributed by atoms with Gasteiger partial charge in [0.05, 0.1) is 6.04 Å². The van der Waals surface area contributed by atoms with Gasteiger partial charge in [-0.15, -0.1) is 0 Å². The Hall–Kier alpha value is -1.13. The van der Waals surface area contributed by atoms with E-state index in [0.717, 1.165) is 5.56 Å². The van der Waals surface area contributed by atoms with E-state index < -0.39 is 0 Å². The molecule has 0 saturated heterocycles. The highest BCUT2D eigenvalue weighted by atomic mass is 35.5. The van der Waals surface area contributed by atoms with Gasteiger partial charge in [-0.05, 0) is 18.6 Å². The van der Waals surface area contributed by atoms with Crippen LogP contribution >= 0.6 is 11.6 Å². The molecule has 1 rings (SSSR count). The van der Waals surface area contributed by atoms with Gasteiger partial charge in [0.25, 0.3) is 0 Å². The van der Waals surface area contributed by atoms with Gasteiger partial charge in [0.2, 0.25) is 5.91 Å². The number of likely N-dealkylation sites (N-methyl/N-ethyl adjacent to an activating group) is 1. The summed E-state index contributed by atoms with van der Waals surface area (Å²) in [6, 6.07) is 3.38. The Bertz CT molecular complexity index is 326. The number of hydrogen-bond acceptors (Lipinski definition) is 3. The molecule has 0 aliphatic carbocycles. The number of carbonyl (C=O) groups is 1. The smallest absolute Gasteiger partial charge is 0.236 e. The summed E-state index contributed by atoms with van der Waals surface area (Å²) in [5, 5.41) is 6.12. The molecule has 5 heteroatoms. The summed E-state index contributed by atoms with van der Waals surface area (Å²) in [5.74, 6) is -0.0306. The number of amides is 1. The molecule has 0 aliphatic rings. The Morgan fingerprint density at radius 3 is 2.87 bits per heavy atom. The standard InChI is InChI=1S/C10H14ClN3O/c1-7(10(15)12-2)13-5-8-3-4-9(11)14-6-8/h3-4,6-7,13H,5H2,1-2H3,(H,12,15)/t7-/m1/s1. The van der Waals surface area contributed by atoms with Gasteiger partial charge in [0.15, 0.2) is 0 Å². The number of halogens is 1. The zero-order valence-electron chi connectivity index (χ0n) is 8.75. The summed E-state index contributed by atoms with van der Waals surface area (Å²) in [7, 11) is 1.62. The van der Waals surface area contributed by atoms with E-state index >= 15 is 0 Å². The average Bonchev–Trinajstić information content (AvgIpc) is 2.26. The Morgan fingerprint density at radius 2 is 2.33 bits per heavy atom. The summed E-state index contributed by atoms with van der Waals surface area (Å²) in [6.07, 6.45) is 1.69. The molecule has 0 aromatic carbocycles. The van der Waals surface area contributed by atoms with Gasteiger partial charge in [-0.25, -0.2) is 4.98 Å². The largest absolute Gasteiger partial charge is 0.358 e. The van der Waals surface area contributed by atoms with Crippen LogP contribution in [0.15, 0.2) is 18.3 Å². The van der Waals surface area contributed by atoms with Gasteiger partial charge in [0, 0.05) is 19.8 Å². The molecule has 0 spiro atoms. The summed E-state index contributed by atoms with van der Waals surface area (Å²) in [5.41, 5.74) is 0.996. The number of pyridine rings is 1. The highest BCUT2D eigenvalue weighted by molar-refractivity contribution is 6.29. The third-order valence-electron chi connectivity index (χ3n) is 2.04. The molecular weight excluding hydrogens is 214 g/mol. The van der Waals surface area contributed by atoms with Gasteiger partial charge in [-0.3, -0.25) is 4.79 Å². The minimum Gasteiger partial charge on any atom is -0.358 e. The molecule has 1 heterocycles. The molecule has 1 amide bonds. The number of hydrogen-bond donors (Lipinski definition) is 2. The molecule has 0 radical (unpaired) electrons. The van der Waals surface area contributed by atoms with Crippen LogP contribution in [0, 0.1) is 0 Å². The Balaban J connectivity index is 2.43. The molecule has 15 heavy (non-hydrogen) atoms. The second kappa shape index (κ2) is 5.68. The number of rotatable bonds is 4. The van der Waals surface area contributed by atoms with Crippen molar-refractivity contribution < 1.29 is 4.79 Å². The normalized spacial score (nSPS) is 12.2. The zero-order valence-corrected chi connectivity index (χ0v) is 9.51. The van der Waals surface area contributed by atoms with Crippen LogP contribution in [-0.4, -0.2) is 24.0 Å². The van der Waals surface area contributed by atoms with Crippen molar-refractivity contribution in [2.45, 2.75) is 19.5 Å². The molecule has 0 saturated carbocycles. The van der Waals surface area contributed by atoms with Crippen LogP contribution in [0.1, 0.15) is 12.5 Å². The summed E-state index contributed by atoms with van der Waals surface area (Å²) >= 11 is 5.65. The van der Waals surface area contributed by atoms with Crippen molar-refractivity contribution in [1.82, 2.24) is 15.6 Å². The lowest BCUT2D eigenvalue weighted by Gasteiger charge is -2.11. The molecule has 1 atom stereocenters. The first-order valence-electron chi connectivity index (χ1n) is 4.69. The first-order chi connectivity index (χ1) is 7.13. The highest BCUT2D eigenvalue weighted by Crippen LogP contribution is 2.04. The fourth-order valence-electron chi connectivity index (χ4n) is 1.09. The van der Waals surface area contributed by atoms with Crippen molar-refractivity contribution >= 4 is 17.5 Å². The molecule has 0 unspecified atom stereocenters. The Kier molecular flexibility index (Phi) is 4.52. The predicted octanol–water partition coefficient (Wildman–Crippen LogP) is 0.959. The lowest BCUT2D eigenvalue weighted by Crippen LogP contribution is -2.40. The van der Waals surface area contributed by atoms with Crippen LogP contribution in [0.5, 0.6) is 0 Å². The van der Waals surface area contributed by atoms with Crippen LogP contribution in [0.4, 0.5) is 0 Å². The first-order valence-corrected chi connectivity index (χ1v) is 5.06. The molecule has 0 aliphatic heterocycles. The number of nitrogens with zero attached hydrogens (tertiary/aromatic N) is 1. The van der Waals surface area contributed by atoms with Crippen molar-refractivity contribution in [1.29, 1.82) is 0 Å². The quantitative estimate of drug-likeness (QED) is 0.754. The van der Waals surface area contributed by atoms with Gasteiger partial charge in [-0.1, -0.05) is 17.7 Å². The monoisotopic (exact) mass is 227 g/mol. The second-order valence-electron chi connectivity index (χ2n) is 3.21. The topological polar surface area (TPSA) is 54.0 Å². The third-order valence-corrected chi connectivity index (χ3v) is 2.26. The van der Waals surface area contributed by atoms with E-state index in [2.05, 4.69) is 15.6 Å².